The molecule has 1 atom stereocenters. The summed E-state index contributed by atoms with van der Waals surface area (Å²) in [6.07, 6.45) is 4.78. The van der Waals surface area contributed by atoms with Crippen LogP contribution in [-0.2, 0) is 9.47 Å². The lowest BCUT2D eigenvalue weighted by molar-refractivity contribution is -0.206. The van der Waals surface area contributed by atoms with Crippen LogP contribution in [0.3, 0.4) is 0 Å². The van der Waals surface area contributed by atoms with E-state index >= 15 is 0 Å². The number of nitrogens with zero attached hydrogens (tertiary/aromatic N) is 1. The van der Waals surface area contributed by atoms with Crippen molar-refractivity contribution in [2.24, 2.45) is 16.8 Å². The van der Waals surface area contributed by atoms with Crippen molar-refractivity contribution in [3.63, 3.8) is 0 Å². The molecule has 1 aromatic rings. The number of thiocarbonyl (C=S) groups is 1. The molecule has 0 radical (unpaired) electrons. The minimum absolute atomic E-state index is 0.253. The van der Waals surface area contributed by atoms with Gasteiger partial charge in [-0.3, -0.25) is 0 Å². The molecule has 2 rings (SSSR count). The summed E-state index contributed by atoms with van der Waals surface area (Å²) < 4.78 is 11.7. The zero-order chi connectivity index (χ0) is 15.8. The van der Waals surface area contributed by atoms with Crippen LogP contribution in [0.2, 0.25) is 0 Å². The molecular formula is C18H25NO2S. The third-order valence-electron chi connectivity index (χ3n) is 4.31. The maximum Gasteiger partial charge on any atom is 0.183 e. The summed E-state index contributed by atoms with van der Waals surface area (Å²) in [6, 6.07) is 7.75. The van der Waals surface area contributed by atoms with E-state index in [0.717, 1.165) is 30.4 Å². The van der Waals surface area contributed by atoms with Gasteiger partial charge in [0.25, 0.3) is 0 Å². The quantitative estimate of drug-likeness (QED) is 0.505. The lowest BCUT2D eigenvalue weighted by Gasteiger charge is -2.29. The molecule has 1 saturated heterocycles. The van der Waals surface area contributed by atoms with Crippen LogP contribution in [0.4, 0.5) is 5.69 Å². The number of aliphatic imine (C=N–C) groups is 1. The molecule has 3 nitrogen and oxygen atoms in total. The van der Waals surface area contributed by atoms with Crippen LogP contribution in [0.5, 0.6) is 0 Å². The molecular weight excluding hydrogens is 294 g/mol. The third kappa shape index (κ3) is 5.29. The van der Waals surface area contributed by atoms with Crippen molar-refractivity contribution in [3.8, 4) is 0 Å². The highest BCUT2D eigenvalue weighted by atomic mass is 32.1. The van der Waals surface area contributed by atoms with Crippen molar-refractivity contribution in [2.75, 3.05) is 13.2 Å². The predicted octanol–water partition coefficient (Wildman–Crippen LogP) is 5.30. The third-order valence-corrected chi connectivity index (χ3v) is 4.40. The lowest BCUT2D eigenvalue weighted by atomic mass is 9.96. The van der Waals surface area contributed by atoms with Gasteiger partial charge in [-0.05, 0) is 36.7 Å². The van der Waals surface area contributed by atoms with E-state index in [0.29, 0.717) is 5.92 Å². The zero-order valence-electron chi connectivity index (χ0n) is 13.5. The largest absolute Gasteiger partial charge is 0.348 e. The number of hydrogen-bond donors (Lipinski definition) is 0. The molecule has 0 N–H and O–H groups in total. The molecule has 120 valence electrons. The van der Waals surface area contributed by atoms with Gasteiger partial charge in [0, 0.05) is 11.5 Å². The molecule has 1 aromatic carbocycles. The molecule has 0 aromatic heterocycles. The van der Waals surface area contributed by atoms with Crippen molar-refractivity contribution in [3.05, 3.63) is 29.8 Å². The lowest BCUT2D eigenvalue weighted by Crippen LogP contribution is -2.27. The molecule has 1 aliphatic rings. The number of benzene rings is 1. The molecule has 22 heavy (non-hydrogen) atoms. The van der Waals surface area contributed by atoms with Crippen molar-refractivity contribution < 1.29 is 9.47 Å². The first kappa shape index (κ1) is 17.3. The molecule has 0 saturated carbocycles. The highest BCUT2D eigenvalue weighted by molar-refractivity contribution is 7.78. The highest BCUT2D eigenvalue weighted by Gasteiger charge is 2.23. The minimum atomic E-state index is -0.253. The standard InChI is InChI=1S/C18H25NO2S/c1-3-14(2)5-4-6-15-11-20-18(21-12-15)16-7-9-17(10-8-16)19-13-22/h7-10,14-15,18H,3-6,11-12H2,1-2H3/t14?,15-,18-. The van der Waals surface area contributed by atoms with E-state index < -0.39 is 0 Å². The van der Waals surface area contributed by atoms with Crippen LogP contribution < -0.4 is 0 Å². The topological polar surface area (TPSA) is 30.8 Å². The van der Waals surface area contributed by atoms with Crippen LogP contribution in [0.1, 0.15) is 51.4 Å². The summed E-state index contributed by atoms with van der Waals surface area (Å²) in [6.45, 7) is 6.14. The van der Waals surface area contributed by atoms with Crippen molar-refractivity contribution in [1.82, 2.24) is 0 Å². The summed E-state index contributed by atoms with van der Waals surface area (Å²) in [5.74, 6) is 1.35. The van der Waals surface area contributed by atoms with E-state index in [4.69, 9.17) is 9.47 Å². The SMILES string of the molecule is CCC(C)CCC[C@H]1CO[C@H](c2ccc(N=C=S)cc2)OC1. The first-order chi connectivity index (χ1) is 10.7. The average Bonchev–Trinajstić information content (AvgIpc) is 2.56. The van der Waals surface area contributed by atoms with Crippen LogP contribution in [0.25, 0.3) is 0 Å². The summed E-state index contributed by atoms with van der Waals surface area (Å²) in [7, 11) is 0. The molecule has 0 spiro atoms. The second-order valence-electron chi connectivity index (χ2n) is 6.10. The van der Waals surface area contributed by atoms with Crippen molar-refractivity contribution in [2.45, 2.75) is 45.8 Å². The normalized spacial score (nSPS) is 22.8. The van der Waals surface area contributed by atoms with E-state index in [-0.39, 0.29) is 6.29 Å². The van der Waals surface area contributed by atoms with Gasteiger partial charge < -0.3 is 9.47 Å². The van der Waals surface area contributed by atoms with Crippen molar-refractivity contribution >= 4 is 23.1 Å². The molecule has 1 heterocycles. The van der Waals surface area contributed by atoms with Gasteiger partial charge in [-0.1, -0.05) is 45.2 Å². The van der Waals surface area contributed by atoms with E-state index in [9.17, 15) is 0 Å². The Balaban J connectivity index is 1.75. The van der Waals surface area contributed by atoms with E-state index in [1.807, 2.05) is 24.3 Å². The second-order valence-corrected chi connectivity index (χ2v) is 6.29. The second kappa shape index (κ2) is 9.16. The first-order valence-corrected chi connectivity index (χ1v) is 8.54. The fourth-order valence-corrected chi connectivity index (χ4v) is 2.73. The maximum atomic E-state index is 5.87. The zero-order valence-corrected chi connectivity index (χ0v) is 14.3. The van der Waals surface area contributed by atoms with Crippen LogP contribution in [0.15, 0.2) is 29.3 Å². The number of rotatable bonds is 7. The molecule has 4 heteroatoms. The van der Waals surface area contributed by atoms with Crippen LogP contribution in [0, 0.1) is 11.8 Å². The summed E-state index contributed by atoms with van der Waals surface area (Å²) in [5.41, 5.74) is 1.83. The van der Waals surface area contributed by atoms with E-state index in [2.05, 4.69) is 36.2 Å². The Labute approximate surface area is 138 Å². The van der Waals surface area contributed by atoms with Crippen LogP contribution in [-0.4, -0.2) is 18.4 Å². The fraction of sp³-hybridized carbons (Fsp3) is 0.611. The van der Waals surface area contributed by atoms with E-state index in [1.54, 1.807) is 0 Å². The molecule has 0 bridgehead atoms. The summed E-state index contributed by atoms with van der Waals surface area (Å²) in [4.78, 5) is 3.94. The molecule has 0 amide bonds. The first-order valence-electron chi connectivity index (χ1n) is 8.14. The van der Waals surface area contributed by atoms with E-state index in [1.165, 1.54) is 25.7 Å². The minimum Gasteiger partial charge on any atom is -0.348 e. The summed E-state index contributed by atoms with van der Waals surface area (Å²) >= 11 is 4.60. The predicted molar refractivity (Wildman–Crippen MR) is 92.6 cm³/mol. The van der Waals surface area contributed by atoms with Gasteiger partial charge in [0.2, 0.25) is 0 Å². The Morgan fingerprint density at radius 3 is 2.55 bits per heavy atom. The fourth-order valence-electron chi connectivity index (χ4n) is 2.62. The van der Waals surface area contributed by atoms with Crippen molar-refractivity contribution in [1.29, 1.82) is 0 Å². The average molecular weight is 319 g/mol. The molecule has 0 aliphatic carbocycles. The molecule has 1 fully saturated rings. The Kier molecular flexibility index (Phi) is 7.20. The Hall–Kier alpha value is -1.06. The smallest absolute Gasteiger partial charge is 0.183 e. The van der Waals surface area contributed by atoms with Gasteiger partial charge in [-0.2, -0.15) is 4.99 Å². The molecule has 1 aliphatic heterocycles. The number of hydrogen-bond acceptors (Lipinski definition) is 4. The van der Waals surface area contributed by atoms with Gasteiger partial charge in [-0.15, -0.1) is 0 Å². The van der Waals surface area contributed by atoms with Gasteiger partial charge in [0.05, 0.1) is 24.1 Å². The van der Waals surface area contributed by atoms with Gasteiger partial charge in [0.15, 0.2) is 6.29 Å². The Morgan fingerprint density at radius 1 is 1.27 bits per heavy atom. The number of ether oxygens (including phenoxy) is 2. The Morgan fingerprint density at radius 2 is 1.95 bits per heavy atom. The highest BCUT2D eigenvalue weighted by Crippen LogP contribution is 2.28. The summed E-state index contributed by atoms with van der Waals surface area (Å²) in [5, 5.41) is 2.37. The van der Waals surface area contributed by atoms with Gasteiger partial charge in [0.1, 0.15) is 0 Å². The van der Waals surface area contributed by atoms with Gasteiger partial charge >= 0.3 is 0 Å². The number of isothiocyanates is 1. The molecule has 1 unspecified atom stereocenters. The van der Waals surface area contributed by atoms with Crippen LogP contribution >= 0.6 is 12.2 Å². The monoisotopic (exact) mass is 319 g/mol. The maximum absolute atomic E-state index is 5.87. The van der Waals surface area contributed by atoms with Gasteiger partial charge in [-0.25, -0.2) is 0 Å². The Bertz CT molecular complexity index is 488.